The molecule has 0 heterocycles. The van der Waals surface area contributed by atoms with E-state index >= 15 is 0 Å². The molecule has 0 aromatic heterocycles. The van der Waals surface area contributed by atoms with E-state index in [1.165, 1.54) is 4.31 Å². The molecule has 27 heavy (non-hydrogen) atoms. The summed E-state index contributed by atoms with van der Waals surface area (Å²) in [5, 5.41) is 11.7. The Morgan fingerprint density at radius 2 is 1.63 bits per heavy atom. The third kappa shape index (κ3) is 4.73. The Bertz CT molecular complexity index is 926. The molecule has 1 atom stereocenters. The molecule has 142 valence electrons. The highest BCUT2D eigenvalue weighted by Gasteiger charge is 2.21. The van der Waals surface area contributed by atoms with Crippen LogP contribution in [0.2, 0.25) is 0 Å². The van der Waals surface area contributed by atoms with Gasteiger partial charge in [0.05, 0.1) is 22.6 Å². The lowest BCUT2D eigenvalue weighted by atomic mass is 10.1. The molecule has 7 heteroatoms. The number of carbonyl (C=O) groups excluding carboxylic acids is 1. The van der Waals surface area contributed by atoms with Crippen molar-refractivity contribution in [3.05, 3.63) is 65.2 Å². The van der Waals surface area contributed by atoms with Gasteiger partial charge in [-0.15, -0.1) is 0 Å². The van der Waals surface area contributed by atoms with Gasteiger partial charge in [0, 0.05) is 18.7 Å². The van der Waals surface area contributed by atoms with Gasteiger partial charge in [-0.1, -0.05) is 26.0 Å². The van der Waals surface area contributed by atoms with Crippen molar-refractivity contribution in [1.82, 2.24) is 9.62 Å². The minimum absolute atomic E-state index is 0.237. The van der Waals surface area contributed by atoms with Crippen molar-refractivity contribution in [2.75, 3.05) is 13.1 Å². The van der Waals surface area contributed by atoms with Crippen molar-refractivity contribution in [3.8, 4) is 6.07 Å². The van der Waals surface area contributed by atoms with E-state index in [1.54, 1.807) is 62.4 Å². The molecule has 1 N–H and O–H groups in total. The van der Waals surface area contributed by atoms with Gasteiger partial charge in [-0.3, -0.25) is 4.79 Å². The summed E-state index contributed by atoms with van der Waals surface area (Å²) < 4.78 is 26.4. The molecule has 0 saturated carbocycles. The second-order valence-corrected chi connectivity index (χ2v) is 7.98. The van der Waals surface area contributed by atoms with Crippen molar-refractivity contribution < 1.29 is 13.2 Å². The van der Waals surface area contributed by atoms with E-state index in [-0.39, 0.29) is 16.8 Å². The number of benzene rings is 2. The van der Waals surface area contributed by atoms with Crippen LogP contribution in [0.5, 0.6) is 0 Å². The fourth-order valence-electron chi connectivity index (χ4n) is 2.70. The van der Waals surface area contributed by atoms with Gasteiger partial charge in [-0.2, -0.15) is 9.57 Å². The molecule has 2 rings (SSSR count). The van der Waals surface area contributed by atoms with E-state index in [9.17, 15) is 13.2 Å². The average Bonchev–Trinajstić information content (AvgIpc) is 2.68. The Hall–Kier alpha value is -2.69. The summed E-state index contributed by atoms with van der Waals surface area (Å²) in [5.41, 5.74) is 1.75. The normalized spacial score (nSPS) is 12.4. The van der Waals surface area contributed by atoms with Gasteiger partial charge in [-0.05, 0) is 48.9 Å². The maximum atomic E-state index is 12.5. The van der Waals surface area contributed by atoms with E-state index in [4.69, 9.17) is 5.26 Å². The third-order valence-corrected chi connectivity index (χ3v) is 6.41. The molecular weight excluding hydrogens is 362 g/mol. The van der Waals surface area contributed by atoms with Crippen LogP contribution in [0.4, 0.5) is 0 Å². The number of sulfonamides is 1. The van der Waals surface area contributed by atoms with Gasteiger partial charge in [0.1, 0.15) is 0 Å². The lowest BCUT2D eigenvalue weighted by Crippen LogP contribution is -2.30. The van der Waals surface area contributed by atoms with Crippen molar-refractivity contribution in [2.24, 2.45) is 0 Å². The van der Waals surface area contributed by atoms with Crippen LogP contribution in [0.3, 0.4) is 0 Å². The molecule has 1 unspecified atom stereocenters. The summed E-state index contributed by atoms with van der Waals surface area (Å²) in [6.45, 7) is 6.26. The summed E-state index contributed by atoms with van der Waals surface area (Å²) in [6.07, 6.45) is 0. The second kappa shape index (κ2) is 8.80. The molecule has 2 aromatic carbocycles. The van der Waals surface area contributed by atoms with Crippen molar-refractivity contribution in [2.45, 2.75) is 31.7 Å². The van der Waals surface area contributed by atoms with Crippen molar-refractivity contribution in [1.29, 1.82) is 5.26 Å². The molecule has 0 radical (unpaired) electrons. The van der Waals surface area contributed by atoms with Gasteiger partial charge >= 0.3 is 0 Å². The number of nitrogens with one attached hydrogen (secondary N) is 1. The minimum atomic E-state index is -3.50. The smallest absolute Gasteiger partial charge is 0.251 e. The summed E-state index contributed by atoms with van der Waals surface area (Å²) >= 11 is 0. The van der Waals surface area contributed by atoms with Gasteiger partial charge in [0.25, 0.3) is 5.91 Å². The topological polar surface area (TPSA) is 90.3 Å². The Labute approximate surface area is 160 Å². The predicted molar refractivity (Wildman–Crippen MR) is 104 cm³/mol. The zero-order valence-electron chi connectivity index (χ0n) is 15.6. The lowest BCUT2D eigenvalue weighted by Gasteiger charge is -2.19. The Kier molecular flexibility index (Phi) is 6.72. The van der Waals surface area contributed by atoms with Crippen LogP contribution in [0.1, 0.15) is 48.3 Å². The summed E-state index contributed by atoms with van der Waals surface area (Å²) in [5.74, 6) is -0.258. The number of rotatable bonds is 7. The van der Waals surface area contributed by atoms with Gasteiger partial charge in [0.15, 0.2) is 0 Å². The first-order valence-corrected chi connectivity index (χ1v) is 10.2. The highest BCUT2D eigenvalue weighted by molar-refractivity contribution is 7.89. The molecule has 0 bridgehead atoms. The van der Waals surface area contributed by atoms with Crippen LogP contribution in [0.25, 0.3) is 0 Å². The number of carbonyl (C=O) groups is 1. The SMILES string of the molecule is CCN(CC)S(=O)(=O)c1ccc(C(C)NC(=O)c2ccc(C#N)cc2)cc1. The maximum absolute atomic E-state index is 12.5. The van der Waals surface area contributed by atoms with Crippen LogP contribution in [0, 0.1) is 11.3 Å². The molecule has 1 amide bonds. The monoisotopic (exact) mass is 385 g/mol. The molecule has 0 fully saturated rings. The number of nitriles is 1. The fraction of sp³-hybridized carbons (Fsp3) is 0.300. The van der Waals surface area contributed by atoms with E-state index in [0.717, 1.165) is 5.56 Å². The first kappa shape index (κ1) is 20.6. The van der Waals surface area contributed by atoms with Crippen LogP contribution in [0.15, 0.2) is 53.4 Å². The summed E-state index contributed by atoms with van der Waals surface area (Å²) in [4.78, 5) is 12.6. The van der Waals surface area contributed by atoms with Crippen LogP contribution in [-0.2, 0) is 10.0 Å². The number of nitrogens with zero attached hydrogens (tertiary/aromatic N) is 2. The standard InChI is InChI=1S/C20H23N3O3S/c1-4-23(5-2)27(25,26)19-12-10-17(11-13-19)15(3)22-20(24)18-8-6-16(14-21)7-9-18/h6-13,15H,4-5H2,1-3H3,(H,22,24). The first-order valence-electron chi connectivity index (χ1n) is 8.74. The van der Waals surface area contributed by atoms with E-state index < -0.39 is 10.0 Å². The van der Waals surface area contributed by atoms with E-state index in [2.05, 4.69) is 5.32 Å². The zero-order valence-corrected chi connectivity index (χ0v) is 16.5. The summed E-state index contributed by atoms with van der Waals surface area (Å²) in [7, 11) is -3.50. The largest absolute Gasteiger partial charge is 0.346 e. The fourth-order valence-corrected chi connectivity index (χ4v) is 4.16. The Morgan fingerprint density at radius 1 is 1.07 bits per heavy atom. The van der Waals surface area contributed by atoms with Crippen LogP contribution < -0.4 is 5.32 Å². The quantitative estimate of drug-likeness (QED) is 0.793. The van der Waals surface area contributed by atoms with Crippen molar-refractivity contribution >= 4 is 15.9 Å². The van der Waals surface area contributed by atoms with Crippen molar-refractivity contribution in [3.63, 3.8) is 0 Å². The van der Waals surface area contributed by atoms with E-state index in [0.29, 0.717) is 24.2 Å². The molecule has 0 spiro atoms. The second-order valence-electron chi connectivity index (χ2n) is 6.04. The number of amides is 1. The van der Waals surface area contributed by atoms with Crippen LogP contribution >= 0.6 is 0 Å². The van der Waals surface area contributed by atoms with Gasteiger partial charge in [-0.25, -0.2) is 8.42 Å². The maximum Gasteiger partial charge on any atom is 0.251 e. The van der Waals surface area contributed by atoms with Gasteiger partial charge in [0.2, 0.25) is 10.0 Å². The first-order chi connectivity index (χ1) is 12.8. The predicted octanol–water partition coefficient (Wildman–Crippen LogP) is 3.08. The molecule has 0 aliphatic rings. The van der Waals surface area contributed by atoms with Gasteiger partial charge < -0.3 is 5.32 Å². The highest BCUT2D eigenvalue weighted by atomic mass is 32.2. The molecule has 0 aliphatic heterocycles. The van der Waals surface area contributed by atoms with E-state index in [1.807, 2.05) is 13.0 Å². The number of hydrogen-bond donors (Lipinski definition) is 1. The molecule has 0 saturated heterocycles. The average molecular weight is 385 g/mol. The third-order valence-electron chi connectivity index (χ3n) is 4.35. The Balaban J connectivity index is 2.12. The molecule has 2 aromatic rings. The lowest BCUT2D eigenvalue weighted by molar-refractivity contribution is 0.0940. The number of hydrogen-bond acceptors (Lipinski definition) is 4. The highest BCUT2D eigenvalue weighted by Crippen LogP contribution is 2.20. The Morgan fingerprint density at radius 3 is 2.11 bits per heavy atom. The zero-order chi connectivity index (χ0) is 20.0. The molecular formula is C20H23N3O3S. The van der Waals surface area contributed by atoms with Crippen LogP contribution in [-0.4, -0.2) is 31.7 Å². The molecule has 0 aliphatic carbocycles. The molecule has 6 nitrogen and oxygen atoms in total. The minimum Gasteiger partial charge on any atom is -0.346 e. The summed E-state index contributed by atoms with van der Waals surface area (Å²) in [6, 6.07) is 14.6.